The van der Waals surface area contributed by atoms with Crippen molar-refractivity contribution in [1.82, 2.24) is 24.2 Å². The molecule has 3 aromatic rings. The molecular formula is C29H38N8O2. The van der Waals surface area contributed by atoms with Gasteiger partial charge in [-0.3, -0.25) is 9.79 Å². The van der Waals surface area contributed by atoms with Gasteiger partial charge in [0.25, 0.3) is 5.56 Å². The lowest BCUT2D eigenvalue weighted by molar-refractivity contribution is 0.313. The molecule has 10 heteroatoms. The third-order valence-electron chi connectivity index (χ3n) is 7.79. The zero-order valence-electron chi connectivity index (χ0n) is 23.0. The zero-order valence-corrected chi connectivity index (χ0v) is 23.0. The first-order valence-corrected chi connectivity index (χ1v) is 13.6. The van der Waals surface area contributed by atoms with Gasteiger partial charge in [-0.05, 0) is 55.6 Å². The van der Waals surface area contributed by atoms with Crippen molar-refractivity contribution in [2.45, 2.75) is 38.9 Å². The van der Waals surface area contributed by atoms with Crippen molar-refractivity contribution < 1.29 is 5.11 Å². The lowest BCUT2D eigenvalue weighted by Crippen LogP contribution is -2.44. The summed E-state index contributed by atoms with van der Waals surface area (Å²) in [4.78, 5) is 32.4. The number of aliphatic hydroxyl groups is 1. The Morgan fingerprint density at radius 3 is 2.62 bits per heavy atom. The van der Waals surface area contributed by atoms with E-state index in [1.54, 1.807) is 17.0 Å². The molecule has 2 unspecified atom stereocenters. The Morgan fingerprint density at radius 2 is 1.90 bits per heavy atom. The minimum absolute atomic E-state index is 0.118. The fourth-order valence-corrected chi connectivity index (χ4v) is 5.64. The number of nitrogens with zero attached hydrogens (tertiary/aromatic N) is 7. The van der Waals surface area contributed by atoms with Crippen molar-refractivity contribution in [3.8, 4) is 0 Å². The fourth-order valence-electron chi connectivity index (χ4n) is 5.64. The van der Waals surface area contributed by atoms with Crippen molar-refractivity contribution in [3.63, 3.8) is 0 Å². The fraction of sp³-hybridized carbons (Fsp3) is 0.448. The molecule has 6 rings (SSSR count). The maximum atomic E-state index is 13.3. The van der Waals surface area contributed by atoms with Gasteiger partial charge in [0.15, 0.2) is 5.65 Å². The summed E-state index contributed by atoms with van der Waals surface area (Å²) in [6.07, 6.45) is 8.39. The highest BCUT2D eigenvalue weighted by Gasteiger charge is 2.30. The van der Waals surface area contributed by atoms with Gasteiger partial charge < -0.3 is 20.2 Å². The summed E-state index contributed by atoms with van der Waals surface area (Å²) in [6, 6.07) is 8.37. The van der Waals surface area contributed by atoms with E-state index in [2.05, 4.69) is 71.0 Å². The van der Waals surface area contributed by atoms with E-state index >= 15 is 0 Å². The van der Waals surface area contributed by atoms with E-state index in [4.69, 9.17) is 15.1 Å². The number of aromatic nitrogens is 4. The van der Waals surface area contributed by atoms with Crippen molar-refractivity contribution in [2.24, 2.45) is 10.9 Å². The van der Waals surface area contributed by atoms with Gasteiger partial charge in [-0.1, -0.05) is 19.1 Å². The molecule has 0 bridgehead atoms. The van der Waals surface area contributed by atoms with Gasteiger partial charge >= 0.3 is 0 Å². The average Bonchev–Trinajstić information content (AvgIpc) is 3.47. The van der Waals surface area contributed by atoms with Crippen LogP contribution in [0, 0.1) is 5.92 Å². The number of nitrogens with one attached hydrogen (secondary N) is 1. The molecule has 206 valence electrons. The van der Waals surface area contributed by atoms with Crippen LogP contribution in [0.15, 0.2) is 64.6 Å². The number of fused-ring (bicyclic) bond motifs is 2. The van der Waals surface area contributed by atoms with Crippen LogP contribution >= 0.6 is 0 Å². The normalized spacial score (nSPS) is 21.1. The van der Waals surface area contributed by atoms with Crippen LogP contribution in [0.1, 0.15) is 32.4 Å². The SMILES string of the molecule is C=CCn1c(=O)c2cnc(Nc3ccc(N4CCN(C)CC4)cc3)nc2n1C1CC=C2CCC(C)C2=N1.CO. The highest BCUT2D eigenvalue weighted by atomic mass is 16.2. The van der Waals surface area contributed by atoms with Crippen molar-refractivity contribution in [2.75, 3.05) is 50.6 Å². The van der Waals surface area contributed by atoms with E-state index in [1.165, 1.54) is 17.0 Å². The Bertz CT molecular complexity index is 1440. The summed E-state index contributed by atoms with van der Waals surface area (Å²) in [6.45, 7) is 10.7. The molecule has 1 aromatic carbocycles. The molecule has 0 amide bonds. The second-order valence-corrected chi connectivity index (χ2v) is 10.3. The topological polar surface area (TPSA) is 104 Å². The molecule has 1 saturated carbocycles. The average molecular weight is 531 g/mol. The number of anilines is 3. The largest absolute Gasteiger partial charge is 0.400 e. The highest BCUT2D eigenvalue weighted by Crippen LogP contribution is 2.35. The van der Waals surface area contributed by atoms with Gasteiger partial charge in [0.05, 0.1) is 6.54 Å². The Balaban J connectivity index is 0.00000151. The Hall–Kier alpha value is -3.76. The van der Waals surface area contributed by atoms with E-state index in [0.717, 1.165) is 58.2 Å². The summed E-state index contributed by atoms with van der Waals surface area (Å²) < 4.78 is 3.63. The van der Waals surface area contributed by atoms with Crippen molar-refractivity contribution >= 4 is 34.1 Å². The Morgan fingerprint density at radius 1 is 1.15 bits per heavy atom. The van der Waals surface area contributed by atoms with Gasteiger partial charge in [-0.25, -0.2) is 14.3 Å². The third kappa shape index (κ3) is 5.26. The molecule has 2 aromatic heterocycles. The van der Waals surface area contributed by atoms with E-state index in [0.29, 0.717) is 29.4 Å². The first kappa shape index (κ1) is 26.8. The van der Waals surface area contributed by atoms with Gasteiger partial charge in [0.1, 0.15) is 11.6 Å². The van der Waals surface area contributed by atoms with Crippen molar-refractivity contribution in [3.05, 3.63) is 65.1 Å². The van der Waals surface area contributed by atoms with Crippen LogP contribution in [0.25, 0.3) is 11.0 Å². The van der Waals surface area contributed by atoms with Gasteiger partial charge in [0, 0.05) is 63.0 Å². The monoisotopic (exact) mass is 530 g/mol. The number of dihydropyridines is 1. The number of piperazine rings is 1. The molecule has 0 spiro atoms. The van der Waals surface area contributed by atoms with E-state index < -0.39 is 0 Å². The standard InChI is InChI=1S/C28H34N8O.CH4O/c1-4-13-35-27(37)23-18-29-28(30-21-8-10-22(11-9-21)34-16-14-33(3)15-17-34)32-26(23)36(35)24-12-7-20-6-5-19(2)25(20)31-24;1-2/h4,7-11,18-19,24H,1,5-6,12-17H2,2-3H3,(H,29,30,32);2H,1H3. The molecule has 2 atom stereocenters. The molecule has 39 heavy (non-hydrogen) atoms. The number of benzene rings is 1. The van der Waals surface area contributed by atoms with Crippen LogP contribution in [0.3, 0.4) is 0 Å². The first-order valence-electron chi connectivity index (χ1n) is 13.6. The van der Waals surface area contributed by atoms with E-state index in [1.807, 2.05) is 4.68 Å². The summed E-state index contributed by atoms with van der Waals surface area (Å²) in [5, 5.41) is 10.8. The van der Waals surface area contributed by atoms with Gasteiger partial charge in [-0.2, -0.15) is 4.98 Å². The number of aliphatic hydroxyl groups excluding tert-OH is 1. The molecule has 2 fully saturated rings. The molecule has 1 aliphatic carbocycles. The van der Waals surface area contributed by atoms with Crippen LogP contribution < -0.4 is 15.8 Å². The molecule has 2 aliphatic heterocycles. The van der Waals surface area contributed by atoms with Gasteiger partial charge in [-0.15, -0.1) is 6.58 Å². The predicted molar refractivity (Wildman–Crippen MR) is 157 cm³/mol. The lowest BCUT2D eigenvalue weighted by Gasteiger charge is -2.34. The zero-order chi connectivity index (χ0) is 27.5. The number of allylic oxidation sites excluding steroid dienone is 2. The molecule has 2 N–H and O–H groups in total. The predicted octanol–water partition coefficient (Wildman–Crippen LogP) is 3.58. The number of aliphatic imine (C=N–C) groups is 1. The summed E-state index contributed by atoms with van der Waals surface area (Å²) in [5.41, 5.74) is 5.12. The quantitative estimate of drug-likeness (QED) is 0.470. The minimum Gasteiger partial charge on any atom is -0.400 e. The van der Waals surface area contributed by atoms with E-state index in [9.17, 15) is 4.79 Å². The smallest absolute Gasteiger partial charge is 0.278 e. The van der Waals surface area contributed by atoms with Crippen LogP contribution in [-0.4, -0.2) is 75.4 Å². The number of hydrogen-bond donors (Lipinski definition) is 2. The van der Waals surface area contributed by atoms with Crippen LogP contribution in [0.4, 0.5) is 17.3 Å². The summed E-state index contributed by atoms with van der Waals surface area (Å²) in [7, 11) is 3.16. The van der Waals surface area contributed by atoms with Crippen LogP contribution in [0.5, 0.6) is 0 Å². The van der Waals surface area contributed by atoms with Gasteiger partial charge in [0.2, 0.25) is 5.95 Å². The molecule has 0 radical (unpaired) electrons. The lowest BCUT2D eigenvalue weighted by atomic mass is 10.0. The molecular weight excluding hydrogens is 492 g/mol. The van der Waals surface area contributed by atoms with Crippen LogP contribution in [0.2, 0.25) is 0 Å². The first-order chi connectivity index (χ1) is 19.0. The minimum atomic E-state index is -0.213. The number of likely N-dealkylation sites (N-methyl/N-ethyl adjacent to an activating group) is 1. The maximum absolute atomic E-state index is 13.3. The van der Waals surface area contributed by atoms with Crippen LogP contribution in [-0.2, 0) is 6.54 Å². The Kier molecular flexibility index (Phi) is 7.94. The molecule has 3 aliphatic rings. The molecule has 1 saturated heterocycles. The highest BCUT2D eigenvalue weighted by molar-refractivity contribution is 6.04. The molecule has 10 nitrogen and oxygen atoms in total. The Labute approximate surface area is 229 Å². The summed E-state index contributed by atoms with van der Waals surface area (Å²) in [5.74, 6) is 0.898. The molecule has 4 heterocycles. The second-order valence-electron chi connectivity index (χ2n) is 10.3. The van der Waals surface area contributed by atoms with E-state index in [-0.39, 0.29) is 11.7 Å². The van der Waals surface area contributed by atoms with Crippen molar-refractivity contribution in [1.29, 1.82) is 0 Å². The summed E-state index contributed by atoms with van der Waals surface area (Å²) >= 11 is 0. The maximum Gasteiger partial charge on any atom is 0.278 e. The number of rotatable bonds is 6. The second kappa shape index (κ2) is 11.5. The third-order valence-corrected chi connectivity index (χ3v) is 7.79. The number of hydrogen-bond acceptors (Lipinski definition) is 8.